The number of hydrogen-bond donors (Lipinski definition) is 1. The fraction of sp³-hybridized carbons (Fsp3) is 0.462. The molecule has 1 rings (SSSR count). The lowest BCUT2D eigenvalue weighted by Gasteiger charge is -2.09. The van der Waals surface area contributed by atoms with Crippen LogP contribution in [-0.2, 0) is 6.54 Å². The fourth-order valence-electron chi connectivity index (χ4n) is 1.35. The summed E-state index contributed by atoms with van der Waals surface area (Å²) in [6.07, 6.45) is 6.00. The van der Waals surface area contributed by atoms with Gasteiger partial charge < -0.3 is 10.1 Å². The van der Waals surface area contributed by atoms with E-state index in [-0.39, 0.29) is 5.82 Å². The summed E-state index contributed by atoms with van der Waals surface area (Å²) in [4.78, 5) is 3.96. The maximum Gasteiger partial charge on any atom is 0.218 e. The number of nitrogens with zero attached hydrogens (tertiary/aromatic N) is 1. The Hall–Kier alpha value is -1.42. The molecule has 0 spiro atoms. The van der Waals surface area contributed by atoms with E-state index in [1.165, 1.54) is 12.3 Å². The molecule has 0 aliphatic carbocycles. The van der Waals surface area contributed by atoms with Crippen molar-refractivity contribution < 1.29 is 9.13 Å². The SMILES string of the molecule is C/C=C/COc1ncc(F)cc1CNCCC. The van der Waals surface area contributed by atoms with Gasteiger partial charge in [0.2, 0.25) is 5.88 Å². The van der Waals surface area contributed by atoms with Crippen LogP contribution in [0, 0.1) is 5.82 Å². The van der Waals surface area contributed by atoms with Gasteiger partial charge in [-0.15, -0.1) is 0 Å². The van der Waals surface area contributed by atoms with Crippen LogP contribution < -0.4 is 10.1 Å². The van der Waals surface area contributed by atoms with Gasteiger partial charge in [0.15, 0.2) is 0 Å². The molecule has 0 saturated carbocycles. The molecule has 0 radical (unpaired) electrons. The highest BCUT2D eigenvalue weighted by atomic mass is 19.1. The van der Waals surface area contributed by atoms with Crippen molar-refractivity contribution >= 4 is 0 Å². The predicted octanol–water partition coefficient (Wildman–Crippen LogP) is 2.68. The molecule has 0 fully saturated rings. The molecular formula is C13H19FN2O. The monoisotopic (exact) mass is 238 g/mol. The molecule has 0 bridgehead atoms. The van der Waals surface area contributed by atoms with Gasteiger partial charge in [-0.1, -0.05) is 19.1 Å². The van der Waals surface area contributed by atoms with Gasteiger partial charge in [-0.3, -0.25) is 0 Å². The number of rotatable bonds is 7. The first-order valence-electron chi connectivity index (χ1n) is 5.87. The summed E-state index contributed by atoms with van der Waals surface area (Å²) in [6.45, 7) is 5.93. The van der Waals surface area contributed by atoms with Crippen molar-refractivity contribution in [1.29, 1.82) is 0 Å². The normalized spacial score (nSPS) is 11.0. The minimum Gasteiger partial charge on any atom is -0.473 e. The maximum absolute atomic E-state index is 13.1. The number of pyridine rings is 1. The lowest BCUT2D eigenvalue weighted by Crippen LogP contribution is -2.15. The first kappa shape index (κ1) is 13.6. The molecule has 4 heteroatoms. The Morgan fingerprint density at radius 3 is 3.06 bits per heavy atom. The number of aromatic nitrogens is 1. The van der Waals surface area contributed by atoms with Crippen LogP contribution in [0.4, 0.5) is 4.39 Å². The summed E-state index contributed by atoms with van der Waals surface area (Å²) in [7, 11) is 0. The molecule has 1 N–H and O–H groups in total. The number of ether oxygens (including phenoxy) is 1. The first-order valence-corrected chi connectivity index (χ1v) is 5.87. The minimum atomic E-state index is -0.336. The average Bonchev–Trinajstić information content (AvgIpc) is 2.32. The largest absolute Gasteiger partial charge is 0.473 e. The molecule has 1 aromatic rings. The number of nitrogens with one attached hydrogen (secondary N) is 1. The van der Waals surface area contributed by atoms with E-state index in [2.05, 4.69) is 17.2 Å². The zero-order valence-electron chi connectivity index (χ0n) is 10.4. The summed E-state index contributed by atoms with van der Waals surface area (Å²) in [5.74, 6) is 0.157. The molecule has 3 nitrogen and oxygen atoms in total. The standard InChI is InChI=1S/C13H19FN2O/c1-3-5-7-17-13-11(9-15-6-4-2)8-12(14)10-16-13/h3,5,8,10,15H,4,6-7,9H2,1-2H3/b5-3+. The molecule has 0 amide bonds. The summed E-state index contributed by atoms with van der Waals surface area (Å²) in [5, 5.41) is 3.20. The Labute approximate surface area is 102 Å². The maximum atomic E-state index is 13.1. The minimum absolute atomic E-state index is 0.336. The van der Waals surface area contributed by atoms with Crippen molar-refractivity contribution in [1.82, 2.24) is 10.3 Å². The van der Waals surface area contributed by atoms with Gasteiger partial charge in [-0.05, 0) is 26.0 Å². The van der Waals surface area contributed by atoms with E-state index in [1.54, 1.807) is 0 Å². The molecule has 0 saturated heterocycles. The van der Waals surface area contributed by atoms with Crippen molar-refractivity contribution in [2.24, 2.45) is 0 Å². The first-order chi connectivity index (χ1) is 8.27. The van der Waals surface area contributed by atoms with E-state index >= 15 is 0 Å². The van der Waals surface area contributed by atoms with Gasteiger partial charge in [0.1, 0.15) is 12.4 Å². The highest BCUT2D eigenvalue weighted by molar-refractivity contribution is 5.26. The van der Waals surface area contributed by atoms with Crippen LogP contribution in [0.3, 0.4) is 0 Å². The quantitative estimate of drug-likeness (QED) is 0.586. The van der Waals surface area contributed by atoms with Crippen LogP contribution in [-0.4, -0.2) is 18.1 Å². The molecule has 0 aliphatic rings. The van der Waals surface area contributed by atoms with Crippen molar-refractivity contribution in [3.8, 4) is 5.88 Å². The molecule has 0 atom stereocenters. The van der Waals surface area contributed by atoms with Crippen LogP contribution in [0.25, 0.3) is 0 Å². The number of halogens is 1. The van der Waals surface area contributed by atoms with Gasteiger partial charge in [0, 0.05) is 12.1 Å². The fourth-order valence-corrected chi connectivity index (χ4v) is 1.35. The summed E-state index contributed by atoms with van der Waals surface area (Å²) in [5.41, 5.74) is 0.753. The molecule has 0 unspecified atom stereocenters. The van der Waals surface area contributed by atoms with E-state index in [0.29, 0.717) is 19.0 Å². The lowest BCUT2D eigenvalue weighted by molar-refractivity contribution is 0.341. The second-order valence-electron chi connectivity index (χ2n) is 3.67. The van der Waals surface area contributed by atoms with Crippen molar-refractivity contribution in [3.05, 3.63) is 35.8 Å². The number of allylic oxidation sites excluding steroid dienone is 1. The summed E-state index contributed by atoms with van der Waals surface area (Å²) >= 11 is 0. The highest BCUT2D eigenvalue weighted by Crippen LogP contribution is 2.16. The van der Waals surface area contributed by atoms with Crippen molar-refractivity contribution in [2.75, 3.05) is 13.2 Å². The second-order valence-corrected chi connectivity index (χ2v) is 3.67. The Balaban J connectivity index is 2.65. The Morgan fingerprint density at radius 2 is 2.35 bits per heavy atom. The Morgan fingerprint density at radius 1 is 1.53 bits per heavy atom. The second kappa shape index (κ2) is 7.79. The van der Waals surface area contributed by atoms with Crippen LogP contribution in [0.1, 0.15) is 25.8 Å². The molecule has 17 heavy (non-hydrogen) atoms. The Bertz CT molecular complexity index is 366. The van der Waals surface area contributed by atoms with Crippen LogP contribution >= 0.6 is 0 Å². The van der Waals surface area contributed by atoms with Gasteiger partial charge >= 0.3 is 0 Å². The van der Waals surface area contributed by atoms with Gasteiger partial charge in [0.05, 0.1) is 6.20 Å². The third-order valence-electron chi connectivity index (χ3n) is 2.19. The van der Waals surface area contributed by atoms with Crippen LogP contribution in [0.5, 0.6) is 5.88 Å². The van der Waals surface area contributed by atoms with Gasteiger partial charge in [-0.25, -0.2) is 9.37 Å². The number of hydrogen-bond acceptors (Lipinski definition) is 3. The summed E-state index contributed by atoms with van der Waals surface area (Å²) in [6, 6.07) is 1.46. The molecule has 1 heterocycles. The smallest absolute Gasteiger partial charge is 0.218 e. The molecule has 1 aromatic heterocycles. The van der Waals surface area contributed by atoms with E-state index < -0.39 is 0 Å². The van der Waals surface area contributed by atoms with Crippen molar-refractivity contribution in [2.45, 2.75) is 26.8 Å². The van der Waals surface area contributed by atoms with E-state index in [1.807, 2.05) is 19.1 Å². The third kappa shape index (κ3) is 4.95. The van der Waals surface area contributed by atoms with Crippen molar-refractivity contribution in [3.63, 3.8) is 0 Å². The third-order valence-corrected chi connectivity index (χ3v) is 2.19. The van der Waals surface area contributed by atoms with Gasteiger partial charge in [-0.2, -0.15) is 0 Å². The molecule has 0 aliphatic heterocycles. The van der Waals surface area contributed by atoms with Gasteiger partial charge in [0.25, 0.3) is 0 Å². The van der Waals surface area contributed by atoms with E-state index in [0.717, 1.165) is 18.5 Å². The van der Waals surface area contributed by atoms with Crippen LogP contribution in [0.2, 0.25) is 0 Å². The summed E-state index contributed by atoms with van der Waals surface area (Å²) < 4.78 is 18.5. The van der Waals surface area contributed by atoms with Crippen LogP contribution in [0.15, 0.2) is 24.4 Å². The lowest BCUT2D eigenvalue weighted by atomic mass is 10.2. The predicted molar refractivity (Wildman–Crippen MR) is 66.5 cm³/mol. The Kier molecular flexibility index (Phi) is 6.25. The van der Waals surface area contributed by atoms with E-state index in [9.17, 15) is 4.39 Å². The van der Waals surface area contributed by atoms with E-state index in [4.69, 9.17) is 4.74 Å². The average molecular weight is 238 g/mol. The molecular weight excluding hydrogens is 219 g/mol. The zero-order valence-corrected chi connectivity index (χ0v) is 10.4. The molecule has 94 valence electrons. The molecule has 0 aromatic carbocycles. The topological polar surface area (TPSA) is 34.1 Å². The highest BCUT2D eigenvalue weighted by Gasteiger charge is 2.06. The zero-order chi connectivity index (χ0) is 12.5.